The molecule has 0 N–H and O–H groups in total. The summed E-state index contributed by atoms with van der Waals surface area (Å²) in [5, 5.41) is 0. The third-order valence-corrected chi connectivity index (χ3v) is 3.76. The molecule has 2 aromatic carbocycles. The maximum Gasteiger partial charge on any atom is 0.349 e. The first kappa shape index (κ1) is 17.1. The smallest absolute Gasteiger partial charge is 0.349 e. The number of ether oxygens (including phenoxy) is 4. The summed E-state index contributed by atoms with van der Waals surface area (Å²) in [6, 6.07) is 12.7. The predicted molar refractivity (Wildman–Crippen MR) is 93.4 cm³/mol. The quantitative estimate of drug-likeness (QED) is 0.599. The van der Waals surface area contributed by atoms with Gasteiger partial charge in [0.1, 0.15) is 11.5 Å². The Labute approximate surface area is 147 Å². The average molecular weight is 342 g/mol. The highest BCUT2D eigenvalue weighted by Crippen LogP contribution is 2.41. The number of fused-ring (bicyclic) bond motifs is 1. The zero-order valence-corrected chi connectivity index (χ0v) is 14.9. The van der Waals surface area contributed by atoms with Gasteiger partial charge in [-0.2, -0.15) is 0 Å². The van der Waals surface area contributed by atoms with Gasteiger partial charge in [-0.25, -0.2) is 4.79 Å². The summed E-state index contributed by atoms with van der Waals surface area (Å²) >= 11 is 0. The van der Waals surface area contributed by atoms with Crippen LogP contribution in [0.25, 0.3) is 0 Å². The molecule has 132 valence electrons. The molecule has 0 spiro atoms. The fourth-order valence-corrected chi connectivity index (χ4v) is 2.52. The van der Waals surface area contributed by atoms with Gasteiger partial charge in [0.25, 0.3) is 0 Å². The Morgan fingerprint density at radius 3 is 2.32 bits per heavy atom. The van der Waals surface area contributed by atoms with E-state index in [4.69, 9.17) is 18.9 Å². The van der Waals surface area contributed by atoms with Crippen LogP contribution in [0.15, 0.2) is 42.5 Å². The monoisotopic (exact) mass is 342 g/mol. The Morgan fingerprint density at radius 1 is 1.00 bits per heavy atom. The highest BCUT2D eigenvalue weighted by atomic mass is 16.7. The largest absolute Gasteiger partial charge is 0.482 e. The summed E-state index contributed by atoms with van der Waals surface area (Å²) in [6.45, 7) is 7.72. The van der Waals surface area contributed by atoms with E-state index >= 15 is 0 Å². The predicted octanol–water partition coefficient (Wildman–Crippen LogP) is 4.30. The fourth-order valence-electron chi connectivity index (χ4n) is 2.52. The molecule has 3 rings (SSSR count). The van der Waals surface area contributed by atoms with E-state index in [2.05, 4.69) is 13.8 Å². The summed E-state index contributed by atoms with van der Waals surface area (Å²) in [6.07, 6.45) is 0. The first-order valence-electron chi connectivity index (χ1n) is 8.28. The third kappa shape index (κ3) is 4.24. The van der Waals surface area contributed by atoms with E-state index in [0.717, 1.165) is 0 Å². The van der Waals surface area contributed by atoms with Gasteiger partial charge in [0.05, 0.1) is 0 Å². The summed E-state index contributed by atoms with van der Waals surface area (Å²) in [5.74, 6) is 1.47. The zero-order valence-electron chi connectivity index (χ0n) is 14.9. The molecule has 0 atom stereocenters. The van der Waals surface area contributed by atoms with Crippen LogP contribution in [0.5, 0.6) is 23.0 Å². The lowest BCUT2D eigenvalue weighted by Gasteiger charge is -2.16. The molecule has 25 heavy (non-hydrogen) atoms. The van der Waals surface area contributed by atoms with E-state index in [1.165, 1.54) is 5.56 Å². The molecule has 1 heterocycles. The topological polar surface area (TPSA) is 54.0 Å². The number of rotatable bonds is 5. The van der Waals surface area contributed by atoms with Crippen molar-refractivity contribution in [2.45, 2.75) is 39.4 Å². The van der Waals surface area contributed by atoms with Crippen molar-refractivity contribution in [2.24, 2.45) is 0 Å². The maximum atomic E-state index is 12.0. The number of benzene rings is 2. The van der Waals surface area contributed by atoms with Crippen LogP contribution in [0.2, 0.25) is 0 Å². The fraction of sp³-hybridized carbons (Fsp3) is 0.350. The van der Waals surface area contributed by atoms with Gasteiger partial charge in [-0.05, 0) is 35.7 Å². The molecule has 0 aromatic heterocycles. The Hall–Kier alpha value is -2.69. The van der Waals surface area contributed by atoms with E-state index in [1.54, 1.807) is 18.2 Å². The van der Waals surface area contributed by atoms with E-state index in [1.807, 2.05) is 38.1 Å². The first-order valence-corrected chi connectivity index (χ1v) is 8.28. The van der Waals surface area contributed by atoms with Crippen LogP contribution in [-0.2, 0) is 4.79 Å². The van der Waals surface area contributed by atoms with Crippen LogP contribution in [0, 0.1) is 0 Å². The molecule has 0 radical (unpaired) electrons. The highest BCUT2D eigenvalue weighted by molar-refractivity contribution is 5.74. The normalized spacial score (nSPS) is 14.4. The molecule has 5 heteroatoms. The molecule has 0 saturated carbocycles. The zero-order chi connectivity index (χ0) is 18.0. The molecule has 5 nitrogen and oxygen atoms in total. The second-order valence-corrected chi connectivity index (χ2v) is 6.70. The van der Waals surface area contributed by atoms with Gasteiger partial charge in [0.2, 0.25) is 5.79 Å². The van der Waals surface area contributed by atoms with Crippen molar-refractivity contribution in [1.29, 1.82) is 0 Å². The van der Waals surface area contributed by atoms with Gasteiger partial charge < -0.3 is 18.9 Å². The molecular weight excluding hydrogens is 320 g/mol. The first-order chi connectivity index (χ1) is 11.8. The van der Waals surface area contributed by atoms with Crippen molar-refractivity contribution >= 4 is 5.97 Å². The number of esters is 1. The lowest BCUT2D eigenvalue weighted by atomic mass is 10.0. The summed E-state index contributed by atoms with van der Waals surface area (Å²) in [7, 11) is 0. The Balaban J connectivity index is 1.55. The standard InChI is InChI=1S/C20H22O5/c1-13(2)14-5-7-15(8-6-14)22-12-19(21)23-16-9-10-17-18(11-16)25-20(3,4)24-17/h5-11,13H,12H2,1-4H3. The Kier molecular flexibility index (Phi) is 4.57. The van der Waals surface area contributed by atoms with Gasteiger partial charge in [-0.15, -0.1) is 0 Å². The van der Waals surface area contributed by atoms with E-state index in [-0.39, 0.29) is 6.61 Å². The third-order valence-electron chi connectivity index (χ3n) is 3.76. The van der Waals surface area contributed by atoms with E-state index < -0.39 is 11.8 Å². The van der Waals surface area contributed by atoms with Crippen molar-refractivity contribution in [3.8, 4) is 23.0 Å². The minimum Gasteiger partial charge on any atom is -0.482 e. The SMILES string of the molecule is CC(C)c1ccc(OCC(=O)Oc2ccc3c(c2)OC(C)(C)O3)cc1. The van der Waals surface area contributed by atoms with Crippen molar-refractivity contribution in [1.82, 2.24) is 0 Å². The number of hydrogen-bond acceptors (Lipinski definition) is 5. The maximum absolute atomic E-state index is 12.0. The van der Waals surface area contributed by atoms with Crippen LogP contribution in [0.1, 0.15) is 39.2 Å². The minimum atomic E-state index is -0.712. The summed E-state index contributed by atoms with van der Waals surface area (Å²) < 4.78 is 22.0. The van der Waals surface area contributed by atoms with Crippen LogP contribution < -0.4 is 18.9 Å². The molecule has 0 bridgehead atoms. The van der Waals surface area contributed by atoms with Crippen molar-refractivity contribution < 1.29 is 23.7 Å². The molecule has 0 fully saturated rings. The summed E-state index contributed by atoms with van der Waals surface area (Å²) in [5.41, 5.74) is 1.22. The van der Waals surface area contributed by atoms with Crippen LogP contribution in [0.3, 0.4) is 0 Å². The molecule has 1 aliphatic rings. The Morgan fingerprint density at radius 2 is 1.64 bits per heavy atom. The number of carbonyl (C=O) groups excluding carboxylic acids is 1. The lowest BCUT2D eigenvalue weighted by Crippen LogP contribution is -2.29. The van der Waals surface area contributed by atoms with Gasteiger partial charge in [0.15, 0.2) is 18.1 Å². The number of hydrogen-bond donors (Lipinski definition) is 0. The second-order valence-electron chi connectivity index (χ2n) is 6.70. The lowest BCUT2D eigenvalue weighted by molar-refractivity contribution is -0.136. The number of carbonyl (C=O) groups is 1. The van der Waals surface area contributed by atoms with Crippen LogP contribution >= 0.6 is 0 Å². The van der Waals surface area contributed by atoms with Crippen LogP contribution in [-0.4, -0.2) is 18.4 Å². The highest BCUT2D eigenvalue weighted by Gasteiger charge is 2.31. The molecular formula is C20H22O5. The molecule has 1 aliphatic heterocycles. The van der Waals surface area contributed by atoms with E-state index in [0.29, 0.717) is 28.9 Å². The van der Waals surface area contributed by atoms with Crippen molar-refractivity contribution in [2.75, 3.05) is 6.61 Å². The van der Waals surface area contributed by atoms with Crippen LogP contribution in [0.4, 0.5) is 0 Å². The van der Waals surface area contributed by atoms with E-state index in [9.17, 15) is 4.79 Å². The molecule has 0 unspecified atom stereocenters. The van der Waals surface area contributed by atoms with Crippen molar-refractivity contribution in [3.63, 3.8) is 0 Å². The van der Waals surface area contributed by atoms with Gasteiger partial charge in [-0.1, -0.05) is 26.0 Å². The van der Waals surface area contributed by atoms with Gasteiger partial charge in [0, 0.05) is 19.9 Å². The van der Waals surface area contributed by atoms with Gasteiger partial charge >= 0.3 is 5.97 Å². The minimum absolute atomic E-state index is 0.166. The molecule has 2 aromatic rings. The second kappa shape index (κ2) is 6.67. The van der Waals surface area contributed by atoms with Crippen molar-refractivity contribution in [3.05, 3.63) is 48.0 Å². The summed E-state index contributed by atoms with van der Waals surface area (Å²) in [4.78, 5) is 12.0. The average Bonchev–Trinajstić information content (AvgIpc) is 2.86. The van der Waals surface area contributed by atoms with Gasteiger partial charge in [-0.3, -0.25) is 0 Å². The molecule has 0 amide bonds. The molecule has 0 aliphatic carbocycles. The molecule has 0 saturated heterocycles. The Bertz CT molecular complexity index is 762.